The molecule has 1 heterocycles. The van der Waals surface area contributed by atoms with Crippen molar-refractivity contribution in [3.05, 3.63) is 11.8 Å². The minimum absolute atomic E-state index is 0.575. The molecule has 0 aliphatic heterocycles. The Balaban J connectivity index is 1.93. The van der Waals surface area contributed by atoms with Crippen LogP contribution < -0.4 is 10.6 Å². The Morgan fingerprint density at radius 1 is 1.15 bits per heavy atom. The molecule has 0 unspecified atom stereocenters. The van der Waals surface area contributed by atoms with Gasteiger partial charge >= 0.3 is 0 Å². The quantitative estimate of drug-likeness (QED) is 0.825. The first-order chi connectivity index (χ1) is 9.71. The third kappa shape index (κ3) is 4.36. The number of anilines is 2. The summed E-state index contributed by atoms with van der Waals surface area (Å²) >= 11 is 0. The van der Waals surface area contributed by atoms with E-state index in [4.69, 9.17) is 0 Å². The molecule has 4 heteroatoms. The summed E-state index contributed by atoms with van der Waals surface area (Å²) in [6.07, 6.45) is 7.63. The second-order valence-electron chi connectivity index (χ2n) is 5.92. The standard InChI is InChI=1S/C16H28N4/c1-4-10-17-16-18-12(3)11-15(20-16)19-14-8-6-13(5-2)7-9-14/h11,13-14H,4-10H2,1-3H3,(H2,17,18,19,20). The Morgan fingerprint density at radius 2 is 1.90 bits per heavy atom. The summed E-state index contributed by atoms with van der Waals surface area (Å²) in [5.74, 6) is 2.65. The normalized spacial score (nSPS) is 22.6. The zero-order chi connectivity index (χ0) is 14.4. The van der Waals surface area contributed by atoms with Gasteiger partial charge in [-0.2, -0.15) is 4.98 Å². The van der Waals surface area contributed by atoms with Gasteiger partial charge in [-0.1, -0.05) is 20.3 Å². The Kier molecular flexibility index (Phi) is 5.62. The number of hydrogen-bond donors (Lipinski definition) is 2. The SMILES string of the molecule is CCCNc1nc(C)cc(NC2CCC(CC)CC2)n1. The molecule has 0 radical (unpaired) electrons. The van der Waals surface area contributed by atoms with Gasteiger partial charge in [0.15, 0.2) is 0 Å². The molecule has 4 nitrogen and oxygen atoms in total. The van der Waals surface area contributed by atoms with Crippen molar-refractivity contribution in [2.75, 3.05) is 17.2 Å². The first-order valence-corrected chi connectivity index (χ1v) is 8.07. The Morgan fingerprint density at radius 3 is 2.55 bits per heavy atom. The highest BCUT2D eigenvalue weighted by Crippen LogP contribution is 2.28. The number of aryl methyl sites for hydroxylation is 1. The summed E-state index contributed by atoms with van der Waals surface area (Å²) in [6.45, 7) is 7.40. The molecule has 1 aromatic heterocycles. The fourth-order valence-corrected chi connectivity index (χ4v) is 2.88. The third-order valence-corrected chi connectivity index (χ3v) is 4.16. The highest BCUT2D eigenvalue weighted by atomic mass is 15.1. The average Bonchev–Trinajstić information content (AvgIpc) is 2.45. The maximum atomic E-state index is 4.57. The average molecular weight is 276 g/mol. The van der Waals surface area contributed by atoms with Gasteiger partial charge in [0, 0.05) is 24.3 Å². The zero-order valence-electron chi connectivity index (χ0n) is 13.1. The Labute approximate surface area is 122 Å². The van der Waals surface area contributed by atoms with Gasteiger partial charge in [0.2, 0.25) is 5.95 Å². The van der Waals surface area contributed by atoms with Crippen LogP contribution in [-0.2, 0) is 0 Å². The van der Waals surface area contributed by atoms with E-state index in [1.165, 1.54) is 32.1 Å². The molecule has 0 atom stereocenters. The number of nitrogens with one attached hydrogen (secondary N) is 2. The van der Waals surface area contributed by atoms with E-state index in [9.17, 15) is 0 Å². The van der Waals surface area contributed by atoms with Crippen LogP contribution in [-0.4, -0.2) is 22.6 Å². The van der Waals surface area contributed by atoms with Gasteiger partial charge in [-0.05, 0) is 44.9 Å². The van der Waals surface area contributed by atoms with Crippen molar-refractivity contribution in [2.24, 2.45) is 5.92 Å². The molecular weight excluding hydrogens is 248 g/mol. The molecule has 1 aliphatic rings. The Hall–Kier alpha value is -1.32. The summed E-state index contributed by atoms with van der Waals surface area (Å²) < 4.78 is 0. The highest BCUT2D eigenvalue weighted by Gasteiger charge is 2.20. The van der Waals surface area contributed by atoms with Crippen molar-refractivity contribution in [3.8, 4) is 0 Å². The summed E-state index contributed by atoms with van der Waals surface area (Å²) in [5.41, 5.74) is 1.02. The number of aromatic nitrogens is 2. The van der Waals surface area contributed by atoms with Crippen LogP contribution in [0, 0.1) is 12.8 Å². The van der Waals surface area contributed by atoms with Crippen LogP contribution in [0.3, 0.4) is 0 Å². The second kappa shape index (κ2) is 7.46. The van der Waals surface area contributed by atoms with Gasteiger partial charge in [0.25, 0.3) is 0 Å². The molecule has 1 aliphatic carbocycles. The minimum Gasteiger partial charge on any atom is -0.367 e. The van der Waals surface area contributed by atoms with E-state index in [0.717, 1.165) is 36.3 Å². The molecule has 0 spiro atoms. The first-order valence-electron chi connectivity index (χ1n) is 8.07. The lowest BCUT2D eigenvalue weighted by molar-refractivity contribution is 0.330. The fourth-order valence-electron chi connectivity index (χ4n) is 2.88. The number of hydrogen-bond acceptors (Lipinski definition) is 4. The predicted octanol–water partition coefficient (Wildman–Crippen LogP) is 3.99. The Bertz CT molecular complexity index is 411. The third-order valence-electron chi connectivity index (χ3n) is 4.16. The molecule has 1 saturated carbocycles. The summed E-state index contributed by atoms with van der Waals surface area (Å²) in [7, 11) is 0. The summed E-state index contributed by atoms with van der Waals surface area (Å²) in [4.78, 5) is 9.00. The van der Waals surface area contributed by atoms with Crippen molar-refractivity contribution in [3.63, 3.8) is 0 Å². The van der Waals surface area contributed by atoms with E-state index >= 15 is 0 Å². The van der Waals surface area contributed by atoms with E-state index in [0.29, 0.717) is 6.04 Å². The van der Waals surface area contributed by atoms with E-state index in [1.54, 1.807) is 0 Å². The van der Waals surface area contributed by atoms with E-state index in [-0.39, 0.29) is 0 Å². The lowest BCUT2D eigenvalue weighted by atomic mass is 9.84. The van der Waals surface area contributed by atoms with E-state index in [2.05, 4.69) is 34.4 Å². The van der Waals surface area contributed by atoms with Crippen LogP contribution in [0.25, 0.3) is 0 Å². The second-order valence-corrected chi connectivity index (χ2v) is 5.92. The van der Waals surface area contributed by atoms with E-state index < -0.39 is 0 Å². The molecule has 0 amide bonds. The predicted molar refractivity (Wildman–Crippen MR) is 85.2 cm³/mol. The topological polar surface area (TPSA) is 49.8 Å². The summed E-state index contributed by atoms with van der Waals surface area (Å²) in [6, 6.07) is 2.62. The van der Waals surface area contributed by atoms with E-state index in [1.807, 2.05) is 13.0 Å². The van der Waals surface area contributed by atoms with Crippen LogP contribution in [0.1, 0.15) is 58.1 Å². The maximum absolute atomic E-state index is 4.57. The van der Waals surface area contributed by atoms with Crippen molar-refractivity contribution < 1.29 is 0 Å². The molecule has 20 heavy (non-hydrogen) atoms. The molecule has 2 rings (SSSR count). The molecule has 1 aromatic rings. The number of nitrogens with zero attached hydrogens (tertiary/aromatic N) is 2. The molecule has 1 fully saturated rings. The van der Waals surface area contributed by atoms with Gasteiger partial charge in [-0.25, -0.2) is 4.98 Å². The first kappa shape index (κ1) is 15.1. The molecule has 0 saturated heterocycles. The monoisotopic (exact) mass is 276 g/mol. The molecule has 0 bridgehead atoms. The van der Waals surface area contributed by atoms with Gasteiger partial charge < -0.3 is 10.6 Å². The largest absolute Gasteiger partial charge is 0.367 e. The lowest BCUT2D eigenvalue weighted by Crippen LogP contribution is -2.26. The molecule has 2 N–H and O–H groups in total. The van der Waals surface area contributed by atoms with Gasteiger partial charge in [0.1, 0.15) is 5.82 Å². The number of rotatable bonds is 6. The highest BCUT2D eigenvalue weighted by molar-refractivity contribution is 5.42. The van der Waals surface area contributed by atoms with Crippen LogP contribution in [0.15, 0.2) is 6.07 Å². The molecule has 0 aromatic carbocycles. The van der Waals surface area contributed by atoms with Crippen molar-refractivity contribution in [1.29, 1.82) is 0 Å². The van der Waals surface area contributed by atoms with Crippen molar-refractivity contribution in [1.82, 2.24) is 9.97 Å². The molecular formula is C16H28N4. The van der Waals surface area contributed by atoms with Crippen LogP contribution >= 0.6 is 0 Å². The van der Waals surface area contributed by atoms with Gasteiger partial charge in [-0.3, -0.25) is 0 Å². The zero-order valence-corrected chi connectivity index (χ0v) is 13.1. The van der Waals surface area contributed by atoms with Crippen molar-refractivity contribution >= 4 is 11.8 Å². The van der Waals surface area contributed by atoms with Crippen LogP contribution in [0.2, 0.25) is 0 Å². The smallest absolute Gasteiger partial charge is 0.224 e. The minimum atomic E-state index is 0.575. The fraction of sp³-hybridized carbons (Fsp3) is 0.750. The van der Waals surface area contributed by atoms with Crippen molar-refractivity contribution in [2.45, 2.75) is 65.3 Å². The van der Waals surface area contributed by atoms with Crippen LogP contribution in [0.4, 0.5) is 11.8 Å². The van der Waals surface area contributed by atoms with Gasteiger partial charge in [-0.15, -0.1) is 0 Å². The van der Waals surface area contributed by atoms with Gasteiger partial charge in [0.05, 0.1) is 0 Å². The van der Waals surface area contributed by atoms with Crippen LogP contribution in [0.5, 0.6) is 0 Å². The lowest BCUT2D eigenvalue weighted by Gasteiger charge is -2.28. The molecule has 112 valence electrons. The maximum Gasteiger partial charge on any atom is 0.224 e. The summed E-state index contributed by atoms with van der Waals surface area (Å²) in [5, 5.41) is 6.86.